The number of carbonyl (C=O) groups is 1. The lowest BCUT2D eigenvalue weighted by molar-refractivity contribution is -0.114. The van der Waals surface area contributed by atoms with E-state index in [9.17, 15) is 4.79 Å². The zero-order chi connectivity index (χ0) is 13.9. The molecule has 0 saturated carbocycles. The summed E-state index contributed by atoms with van der Waals surface area (Å²) in [5.74, 6) is 0.0115. The molecule has 2 N–H and O–H groups in total. The number of nitrogens with zero attached hydrogens (tertiary/aromatic N) is 1. The Morgan fingerprint density at radius 2 is 2.00 bits per heavy atom. The average molecular weight is 264 g/mol. The summed E-state index contributed by atoms with van der Waals surface area (Å²) in [5, 5.41) is 0. The number of rotatable bonds is 2. The van der Waals surface area contributed by atoms with E-state index in [1.54, 1.807) is 12.2 Å². The van der Waals surface area contributed by atoms with Gasteiger partial charge in [0.2, 0.25) is 0 Å². The van der Waals surface area contributed by atoms with Crippen molar-refractivity contribution in [3.05, 3.63) is 65.7 Å². The van der Waals surface area contributed by atoms with Gasteiger partial charge in [0, 0.05) is 24.0 Å². The van der Waals surface area contributed by atoms with E-state index in [1.165, 1.54) is 5.56 Å². The molecular formula is C17H16N2O. The second-order valence-electron chi connectivity index (χ2n) is 4.87. The van der Waals surface area contributed by atoms with Gasteiger partial charge in [-0.15, -0.1) is 0 Å². The molecule has 0 bridgehead atoms. The third kappa shape index (κ3) is 2.43. The van der Waals surface area contributed by atoms with Crippen molar-refractivity contribution in [1.82, 2.24) is 0 Å². The second-order valence-corrected chi connectivity index (χ2v) is 4.87. The highest BCUT2D eigenvalue weighted by molar-refractivity contribution is 6.05. The van der Waals surface area contributed by atoms with Gasteiger partial charge in [-0.05, 0) is 41.8 Å². The van der Waals surface area contributed by atoms with E-state index in [-0.39, 0.29) is 5.91 Å². The molecular weight excluding hydrogens is 248 g/mol. The number of nitrogen functional groups attached to an aromatic ring is 1. The monoisotopic (exact) mass is 264 g/mol. The lowest BCUT2D eigenvalue weighted by Gasteiger charge is -2.14. The van der Waals surface area contributed by atoms with Crippen LogP contribution < -0.4 is 10.6 Å². The zero-order valence-electron chi connectivity index (χ0n) is 11.1. The fourth-order valence-electron chi connectivity index (χ4n) is 2.49. The highest BCUT2D eigenvalue weighted by Crippen LogP contribution is 2.27. The maximum absolute atomic E-state index is 12.3. The molecule has 3 heteroatoms. The predicted molar refractivity (Wildman–Crippen MR) is 82.4 cm³/mol. The Balaban J connectivity index is 1.78. The van der Waals surface area contributed by atoms with Crippen LogP contribution in [0.2, 0.25) is 0 Å². The topological polar surface area (TPSA) is 46.3 Å². The molecule has 0 unspecified atom stereocenters. The molecule has 0 atom stereocenters. The normalized spacial score (nSPS) is 13.7. The van der Waals surface area contributed by atoms with Crippen LogP contribution in [0.15, 0.2) is 54.6 Å². The van der Waals surface area contributed by atoms with E-state index in [2.05, 4.69) is 6.07 Å². The first-order chi connectivity index (χ1) is 9.74. The second kappa shape index (κ2) is 5.21. The fraction of sp³-hybridized carbons (Fsp3) is 0.118. The summed E-state index contributed by atoms with van der Waals surface area (Å²) in [4.78, 5) is 14.1. The SMILES string of the molecule is Nc1cccc(/C=C/C(=O)N2CCc3ccccc32)c1. The molecule has 0 saturated heterocycles. The van der Waals surface area contributed by atoms with Crippen molar-refractivity contribution < 1.29 is 4.79 Å². The van der Waals surface area contributed by atoms with E-state index in [1.807, 2.05) is 47.4 Å². The Hall–Kier alpha value is -2.55. The quantitative estimate of drug-likeness (QED) is 0.669. The Morgan fingerprint density at radius 1 is 1.15 bits per heavy atom. The van der Waals surface area contributed by atoms with Gasteiger partial charge in [0.05, 0.1) is 0 Å². The van der Waals surface area contributed by atoms with Gasteiger partial charge in [0.1, 0.15) is 0 Å². The van der Waals surface area contributed by atoms with Crippen molar-refractivity contribution in [3.63, 3.8) is 0 Å². The number of para-hydroxylation sites is 1. The van der Waals surface area contributed by atoms with Crippen molar-refractivity contribution in [2.75, 3.05) is 17.2 Å². The standard InChI is InChI=1S/C17H16N2O/c18-15-6-3-4-13(12-15)8-9-17(20)19-11-10-14-5-1-2-7-16(14)19/h1-9,12H,10-11,18H2/b9-8+. The largest absolute Gasteiger partial charge is 0.399 e. The fourth-order valence-corrected chi connectivity index (χ4v) is 2.49. The molecule has 2 aromatic rings. The Bertz CT molecular complexity index is 676. The van der Waals surface area contributed by atoms with Crippen LogP contribution in [0.4, 0.5) is 11.4 Å². The van der Waals surface area contributed by atoms with E-state index >= 15 is 0 Å². The summed E-state index contributed by atoms with van der Waals surface area (Å²) < 4.78 is 0. The van der Waals surface area contributed by atoms with Crippen LogP contribution in [-0.4, -0.2) is 12.5 Å². The Morgan fingerprint density at radius 3 is 2.85 bits per heavy atom. The molecule has 0 aromatic heterocycles. The van der Waals surface area contributed by atoms with Gasteiger partial charge in [0.25, 0.3) is 5.91 Å². The summed E-state index contributed by atoms with van der Waals surface area (Å²) in [5.41, 5.74) is 9.61. The zero-order valence-corrected chi connectivity index (χ0v) is 11.1. The number of anilines is 2. The first-order valence-corrected chi connectivity index (χ1v) is 6.67. The van der Waals surface area contributed by atoms with Gasteiger partial charge >= 0.3 is 0 Å². The van der Waals surface area contributed by atoms with Gasteiger partial charge in [-0.25, -0.2) is 0 Å². The third-order valence-electron chi connectivity index (χ3n) is 3.48. The van der Waals surface area contributed by atoms with E-state index < -0.39 is 0 Å². The summed E-state index contributed by atoms with van der Waals surface area (Å²) in [6, 6.07) is 15.5. The molecule has 3 rings (SSSR count). The molecule has 20 heavy (non-hydrogen) atoms. The summed E-state index contributed by atoms with van der Waals surface area (Å²) in [6.45, 7) is 0.749. The van der Waals surface area contributed by atoms with Crippen molar-refractivity contribution in [2.45, 2.75) is 6.42 Å². The Labute approximate surface area is 118 Å². The number of benzene rings is 2. The van der Waals surface area contributed by atoms with Crippen molar-refractivity contribution in [2.24, 2.45) is 0 Å². The molecule has 0 radical (unpaired) electrons. The average Bonchev–Trinajstić information content (AvgIpc) is 2.89. The highest BCUT2D eigenvalue weighted by Gasteiger charge is 2.22. The van der Waals surface area contributed by atoms with Gasteiger partial charge in [-0.2, -0.15) is 0 Å². The molecule has 100 valence electrons. The van der Waals surface area contributed by atoms with Gasteiger partial charge < -0.3 is 10.6 Å². The molecule has 1 aliphatic heterocycles. The van der Waals surface area contributed by atoms with E-state index in [0.29, 0.717) is 5.69 Å². The lowest BCUT2D eigenvalue weighted by atomic mass is 10.2. The van der Waals surface area contributed by atoms with Crippen molar-refractivity contribution in [1.29, 1.82) is 0 Å². The minimum Gasteiger partial charge on any atom is -0.399 e. The number of nitrogens with two attached hydrogens (primary N) is 1. The van der Waals surface area contributed by atoms with Crippen LogP contribution in [0.1, 0.15) is 11.1 Å². The van der Waals surface area contributed by atoms with Crippen LogP contribution in [0.5, 0.6) is 0 Å². The van der Waals surface area contributed by atoms with Gasteiger partial charge in [-0.3, -0.25) is 4.79 Å². The number of hydrogen-bond acceptors (Lipinski definition) is 2. The van der Waals surface area contributed by atoms with Gasteiger partial charge in [0.15, 0.2) is 0 Å². The summed E-state index contributed by atoms with van der Waals surface area (Å²) >= 11 is 0. The first-order valence-electron chi connectivity index (χ1n) is 6.67. The minimum absolute atomic E-state index is 0.0115. The number of hydrogen-bond donors (Lipinski definition) is 1. The Kier molecular flexibility index (Phi) is 3.25. The molecule has 3 nitrogen and oxygen atoms in total. The van der Waals surface area contributed by atoms with Crippen molar-refractivity contribution >= 4 is 23.4 Å². The maximum atomic E-state index is 12.3. The number of fused-ring (bicyclic) bond motifs is 1. The molecule has 0 fully saturated rings. The number of carbonyl (C=O) groups excluding carboxylic acids is 1. The molecule has 0 spiro atoms. The predicted octanol–water partition coefficient (Wildman–Crippen LogP) is 2.87. The van der Waals surface area contributed by atoms with Crippen LogP contribution >= 0.6 is 0 Å². The minimum atomic E-state index is 0.0115. The summed E-state index contributed by atoms with van der Waals surface area (Å²) in [7, 11) is 0. The number of amides is 1. The van der Waals surface area contributed by atoms with E-state index in [4.69, 9.17) is 5.73 Å². The van der Waals surface area contributed by atoms with E-state index in [0.717, 1.165) is 24.2 Å². The van der Waals surface area contributed by atoms with Crippen LogP contribution in [0.3, 0.4) is 0 Å². The molecule has 0 aliphatic carbocycles. The molecule has 1 aliphatic rings. The van der Waals surface area contributed by atoms with Crippen molar-refractivity contribution in [3.8, 4) is 0 Å². The van der Waals surface area contributed by atoms with Gasteiger partial charge in [-0.1, -0.05) is 30.3 Å². The van der Waals surface area contributed by atoms with Crippen LogP contribution in [0.25, 0.3) is 6.08 Å². The molecule has 1 amide bonds. The molecule has 2 aromatic carbocycles. The smallest absolute Gasteiger partial charge is 0.251 e. The molecule has 1 heterocycles. The third-order valence-corrected chi connectivity index (χ3v) is 3.48. The van der Waals surface area contributed by atoms with Crippen LogP contribution in [-0.2, 0) is 11.2 Å². The highest BCUT2D eigenvalue weighted by atomic mass is 16.2. The summed E-state index contributed by atoms with van der Waals surface area (Å²) in [6.07, 6.45) is 4.34. The lowest BCUT2D eigenvalue weighted by Crippen LogP contribution is -2.26. The maximum Gasteiger partial charge on any atom is 0.251 e. The van der Waals surface area contributed by atoms with Crippen LogP contribution in [0, 0.1) is 0 Å². The first kappa shape index (κ1) is 12.5.